The lowest BCUT2D eigenvalue weighted by molar-refractivity contribution is 0.355. The zero-order chi connectivity index (χ0) is 18.5. The minimum Gasteiger partial charge on any atom is -0.493 e. The van der Waals surface area contributed by atoms with Crippen molar-refractivity contribution in [3.05, 3.63) is 29.9 Å². The predicted molar refractivity (Wildman–Crippen MR) is 97.5 cm³/mol. The van der Waals surface area contributed by atoms with Crippen LogP contribution in [0.1, 0.15) is 25.6 Å². The van der Waals surface area contributed by atoms with E-state index in [1.807, 2.05) is 18.2 Å². The van der Waals surface area contributed by atoms with Crippen LogP contribution in [0.3, 0.4) is 0 Å². The van der Waals surface area contributed by atoms with E-state index in [-0.39, 0.29) is 0 Å². The van der Waals surface area contributed by atoms with Crippen LogP contribution in [0, 0.1) is 0 Å². The number of aryl methyl sites for hydroxylation is 1. The molecular formula is C17H21N5O3S. The van der Waals surface area contributed by atoms with Crippen LogP contribution in [0.5, 0.6) is 11.5 Å². The Morgan fingerprint density at radius 2 is 1.85 bits per heavy atom. The summed E-state index contributed by atoms with van der Waals surface area (Å²) in [6.45, 7) is 4.98. The lowest BCUT2D eigenvalue weighted by Gasteiger charge is -2.07. The fourth-order valence-electron chi connectivity index (χ4n) is 2.53. The topological polar surface area (TPSA) is 88.1 Å². The lowest BCUT2D eigenvalue weighted by Crippen LogP contribution is -2.02. The number of benzene rings is 1. The highest BCUT2D eigenvalue weighted by atomic mass is 32.2. The van der Waals surface area contributed by atoms with Crippen molar-refractivity contribution < 1.29 is 13.9 Å². The van der Waals surface area contributed by atoms with Gasteiger partial charge in [-0.3, -0.25) is 0 Å². The highest BCUT2D eigenvalue weighted by molar-refractivity contribution is 7.98. The molecule has 0 unspecified atom stereocenters. The van der Waals surface area contributed by atoms with E-state index in [4.69, 9.17) is 13.9 Å². The molecule has 3 aromatic rings. The van der Waals surface area contributed by atoms with Crippen molar-refractivity contribution in [2.75, 3.05) is 14.2 Å². The third-order valence-electron chi connectivity index (χ3n) is 3.85. The first kappa shape index (κ1) is 18.2. The molecule has 0 radical (unpaired) electrons. The Morgan fingerprint density at radius 3 is 2.54 bits per heavy atom. The van der Waals surface area contributed by atoms with Crippen LogP contribution < -0.4 is 9.47 Å². The van der Waals surface area contributed by atoms with Crippen molar-refractivity contribution in [3.63, 3.8) is 0 Å². The van der Waals surface area contributed by atoms with Crippen molar-refractivity contribution in [2.45, 2.75) is 37.7 Å². The Kier molecular flexibility index (Phi) is 5.77. The first-order valence-corrected chi connectivity index (χ1v) is 9.28. The van der Waals surface area contributed by atoms with Gasteiger partial charge in [0.15, 0.2) is 16.7 Å². The van der Waals surface area contributed by atoms with E-state index < -0.39 is 0 Å². The zero-order valence-corrected chi connectivity index (χ0v) is 16.0. The van der Waals surface area contributed by atoms with Gasteiger partial charge in [-0.25, -0.2) is 0 Å². The Hall–Kier alpha value is -2.55. The fourth-order valence-corrected chi connectivity index (χ4v) is 3.39. The van der Waals surface area contributed by atoms with Crippen molar-refractivity contribution in [1.82, 2.24) is 25.0 Å². The van der Waals surface area contributed by atoms with Crippen molar-refractivity contribution in [2.24, 2.45) is 0 Å². The standard InChI is InChI=1S/C17H21N5O3S/c1-5-14-18-21-17(22(14)6-2)26-10-15-19-20-16(25-15)11-7-8-12(23-3)13(9-11)24-4/h7-9H,5-6,10H2,1-4H3. The van der Waals surface area contributed by atoms with Crippen molar-refractivity contribution in [1.29, 1.82) is 0 Å². The van der Waals surface area contributed by atoms with Gasteiger partial charge in [-0.1, -0.05) is 18.7 Å². The third-order valence-corrected chi connectivity index (χ3v) is 4.80. The molecule has 0 N–H and O–H groups in total. The van der Waals surface area contributed by atoms with Crippen LogP contribution in [0.2, 0.25) is 0 Å². The molecule has 0 saturated carbocycles. The lowest BCUT2D eigenvalue weighted by atomic mass is 10.2. The molecule has 2 aromatic heterocycles. The highest BCUT2D eigenvalue weighted by Gasteiger charge is 2.15. The van der Waals surface area contributed by atoms with Crippen LogP contribution in [0.15, 0.2) is 27.8 Å². The molecule has 3 rings (SSSR count). The molecule has 1 aromatic carbocycles. The van der Waals surface area contributed by atoms with Crippen LogP contribution >= 0.6 is 11.8 Å². The van der Waals surface area contributed by atoms with Gasteiger partial charge >= 0.3 is 0 Å². The summed E-state index contributed by atoms with van der Waals surface area (Å²) in [4.78, 5) is 0. The molecule has 0 aliphatic rings. The molecule has 8 nitrogen and oxygen atoms in total. The molecule has 0 atom stereocenters. The molecule has 138 valence electrons. The Bertz CT molecular complexity index is 877. The number of hydrogen-bond donors (Lipinski definition) is 0. The van der Waals surface area contributed by atoms with Gasteiger partial charge in [-0.2, -0.15) is 0 Å². The first-order chi connectivity index (χ1) is 12.7. The normalized spacial score (nSPS) is 10.9. The summed E-state index contributed by atoms with van der Waals surface area (Å²) in [6, 6.07) is 5.47. The van der Waals surface area contributed by atoms with Crippen LogP contribution in [-0.4, -0.2) is 39.2 Å². The molecule has 2 heterocycles. The third kappa shape index (κ3) is 3.67. The minimum atomic E-state index is 0.438. The average Bonchev–Trinajstić information content (AvgIpc) is 3.31. The van der Waals surface area contributed by atoms with E-state index in [9.17, 15) is 0 Å². The van der Waals surface area contributed by atoms with Gasteiger partial charge in [0, 0.05) is 18.5 Å². The molecule has 0 amide bonds. The first-order valence-electron chi connectivity index (χ1n) is 8.29. The smallest absolute Gasteiger partial charge is 0.247 e. The number of methoxy groups -OCH3 is 2. The summed E-state index contributed by atoms with van der Waals surface area (Å²) in [5.74, 6) is 3.74. The number of nitrogens with zero attached hydrogens (tertiary/aromatic N) is 5. The van der Waals surface area contributed by atoms with Crippen molar-refractivity contribution in [3.8, 4) is 23.0 Å². The minimum absolute atomic E-state index is 0.438. The molecule has 9 heteroatoms. The maximum Gasteiger partial charge on any atom is 0.247 e. The summed E-state index contributed by atoms with van der Waals surface area (Å²) in [6.07, 6.45) is 0.853. The summed E-state index contributed by atoms with van der Waals surface area (Å²) in [5, 5.41) is 17.5. The maximum absolute atomic E-state index is 5.77. The number of aromatic nitrogens is 5. The molecule has 0 spiro atoms. The Labute approximate surface area is 155 Å². The number of hydrogen-bond acceptors (Lipinski definition) is 8. The number of thioether (sulfide) groups is 1. The number of rotatable bonds is 8. The fraction of sp³-hybridized carbons (Fsp3) is 0.412. The molecule has 26 heavy (non-hydrogen) atoms. The molecular weight excluding hydrogens is 354 g/mol. The summed E-state index contributed by atoms with van der Waals surface area (Å²) >= 11 is 1.53. The Morgan fingerprint density at radius 1 is 1.04 bits per heavy atom. The molecule has 0 fully saturated rings. The van der Waals surface area contributed by atoms with E-state index in [2.05, 4.69) is 38.8 Å². The molecule has 0 aliphatic carbocycles. The van der Waals surface area contributed by atoms with Gasteiger partial charge in [-0.15, -0.1) is 20.4 Å². The SMILES string of the molecule is CCc1nnc(SCc2nnc(-c3ccc(OC)c(OC)c3)o2)n1CC. The predicted octanol–water partition coefficient (Wildman–Crippen LogP) is 3.22. The molecule has 0 aliphatic heterocycles. The van der Waals surface area contributed by atoms with E-state index in [1.165, 1.54) is 11.8 Å². The molecule has 0 bridgehead atoms. The summed E-state index contributed by atoms with van der Waals surface area (Å²) < 4.78 is 18.4. The van der Waals surface area contributed by atoms with Crippen LogP contribution in [0.25, 0.3) is 11.5 Å². The average molecular weight is 375 g/mol. The second-order valence-electron chi connectivity index (χ2n) is 5.36. The monoisotopic (exact) mass is 375 g/mol. The van der Waals surface area contributed by atoms with Gasteiger partial charge in [-0.05, 0) is 25.1 Å². The van der Waals surface area contributed by atoms with E-state index >= 15 is 0 Å². The largest absolute Gasteiger partial charge is 0.493 e. The summed E-state index contributed by atoms with van der Waals surface area (Å²) in [7, 11) is 3.19. The van der Waals surface area contributed by atoms with E-state index in [0.717, 1.165) is 29.5 Å². The van der Waals surface area contributed by atoms with Gasteiger partial charge in [0.2, 0.25) is 11.8 Å². The van der Waals surface area contributed by atoms with Gasteiger partial charge in [0.05, 0.1) is 20.0 Å². The van der Waals surface area contributed by atoms with Crippen LogP contribution in [0.4, 0.5) is 0 Å². The second kappa shape index (κ2) is 8.22. The second-order valence-corrected chi connectivity index (χ2v) is 6.30. The summed E-state index contributed by atoms with van der Waals surface area (Å²) in [5.41, 5.74) is 0.774. The van der Waals surface area contributed by atoms with Gasteiger partial charge in [0.1, 0.15) is 5.82 Å². The highest BCUT2D eigenvalue weighted by Crippen LogP contribution is 2.32. The van der Waals surface area contributed by atoms with Gasteiger partial charge in [0.25, 0.3) is 0 Å². The van der Waals surface area contributed by atoms with Crippen LogP contribution in [-0.2, 0) is 18.7 Å². The quantitative estimate of drug-likeness (QED) is 0.555. The van der Waals surface area contributed by atoms with Gasteiger partial charge < -0.3 is 18.5 Å². The van der Waals surface area contributed by atoms with Crippen molar-refractivity contribution >= 4 is 11.8 Å². The van der Waals surface area contributed by atoms with E-state index in [1.54, 1.807) is 14.2 Å². The maximum atomic E-state index is 5.77. The zero-order valence-electron chi connectivity index (χ0n) is 15.2. The number of ether oxygens (including phenoxy) is 2. The van der Waals surface area contributed by atoms with E-state index in [0.29, 0.717) is 29.0 Å². The molecule has 0 saturated heterocycles. The Balaban J connectivity index is 1.73.